The Kier molecular flexibility index (Phi) is 5.62. The molecule has 0 radical (unpaired) electrons. The Labute approximate surface area is 168 Å². The van der Waals surface area contributed by atoms with Gasteiger partial charge < -0.3 is 24.7 Å². The minimum atomic E-state index is -4.77. The van der Waals surface area contributed by atoms with Gasteiger partial charge in [0.1, 0.15) is 17.9 Å². The number of carbonyl (C=O) groups excluding carboxylic acids is 1. The molecule has 0 unspecified atom stereocenters. The normalized spacial score (nSPS) is 16.3. The molecule has 1 aliphatic rings. The van der Waals surface area contributed by atoms with Crippen molar-refractivity contribution in [2.24, 2.45) is 5.73 Å². The van der Waals surface area contributed by atoms with E-state index in [0.29, 0.717) is 0 Å². The van der Waals surface area contributed by atoms with Crippen LogP contribution >= 0.6 is 0 Å². The Morgan fingerprint density at radius 2 is 1.97 bits per heavy atom. The molecule has 3 N–H and O–H groups in total. The molecule has 0 bridgehead atoms. The van der Waals surface area contributed by atoms with Crippen LogP contribution in [0.5, 0.6) is 5.75 Å². The molecule has 0 spiro atoms. The van der Waals surface area contributed by atoms with Crippen LogP contribution in [0.1, 0.15) is 42.4 Å². The van der Waals surface area contributed by atoms with E-state index in [-0.39, 0.29) is 17.1 Å². The Hall–Kier alpha value is -3.27. The van der Waals surface area contributed by atoms with Gasteiger partial charge in [-0.25, -0.2) is 4.79 Å². The number of hydrogen-bond acceptors (Lipinski definition) is 7. The summed E-state index contributed by atoms with van der Waals surface area (Å²) in [7, 11) is 0. The first-order valence-electron chi connectivity index (χ1n) is 8.87. The third-order valence-electron chi connectivity index (χ3n) is 4.30. The molecular formula is C20H18F3NO6. The summed E-state index contributed by atoms with van der Waals surface area (Å²) in [5.41, 5.74) is 3.20. The van der Waals surface area contributed by atoms with E-state index < -0.39 is 59.0 Å². The van der Waals surface area contributed by atoms with E-state index in [9.17, 15) is 27.9 Å². The second kappa shape index (κ2) is 7.86. The van der Waals surface area contributed by atoms with E-state index in [4.69, 9.17) is 19.6 Å². The lowest BCUT2D eigenvalue weighted by molar-refractivity contribution is -0.144. The van der Waals surface area contributed by atoms with Crippen LogP contribution in [0.4, 0.5) is 13.2 Å². The number of hydrogen-bond donors (Lipinski definition) is 2. The van der Waals surface area contributed by atoms with Gasteiger partial charge in [0.05, 0.1) is 17.6 Å². The number of rotatable bonds is 4. The maximum absolute atomic E-state index is 13.7. The molecule has 2 heterocycles. The van der Waals surface area contributed by atoms with Gasteiger partial charge in [0, 0.05) is 6.07 Å². The van der Waals surface area contributed by atoms with Crippen LogP contribution in [-0.4, -0.2) is 17.2 Å². The number of fused-ring (bicyclic) bond motifs is 1. The first-order valence-corrected chi connectivity index (χ1v) is 8.87. The molecule has 0 amide bonds. The number of nitrogens with two attached hydrogens (primary N) is 1. The summed E-state index contributed by atoms with van der Waals surface area (Å²) < 4.78 is 57.0. The van der Waals surface area contributed by atoms with E-state index in [2.05, 4.69) is 0 Å². The molecule has 0 aliphatic carbocycles. The standard InChI is InChI=1S/C20H18F3NO6/c1-9(2)28-19(27)15-14(11-5-3-4-6-12(11)20(21,22)23)17-16(30-18(15)24)13(26)7-10(8-25)29-17/h3-7,9,14,25H,8,24H2,1-2H3/t14-/m1/s1. The maximum Gasteiger partial charge on any atom is 0.416 e. The lowest BCUT2D eigenvalue weighted by Gasteiger charge is -2.29. The molecule has 0 saturated carbocycles. The highest BCUT2D eigenvalue weighted by Crippen LogP contribution is 2.45. The third-order valence-corrected chi connectivity index (χ3v) is 4.30. The highest BCUT2D eigenvalue weighted by atomic mass is 19.4. The van der Waals surface area contributed by atoms with Gasteiger partial charge in [-0.15, -0.1) is 0 Å². The number of aliphatic hydroxyl groups is 1. The number of carbonyl (C=O) groups is 1. The Balaban J connectivity index is 2.35. The molecule has 1 aromatic heterocycles. The van der Waals surface area contributed by atoms with E-state index >= 15 is 0 Å². The highest BCUT2D eigenvalue weighted by molar-refractivity contribution is 5.92. The number of ether oxygens (including phenoxy) is 2. The van der Waals surface area contributed by atoms with E-state index in [1.807, 2.05) is 0 Å². The van der Waals surface area contributed by atoms with Crippen molar-refractivity contribution < 1.29 is 37.0 Å². The fourth-order valence-electron chi connectivity index (χ4n) is 3.16. The minimum absolute atomic E-state index is 0.214. The molecule has 0 saturated heterocycles. The van der Waals surface area contributed by atoms with Crippen LogP contribution in [-0.2, 0) is 22.3 Å². The van der Waals surface area contributed by atoms with E-state index in [0.717, 1.165) is 18.2 Å². The Morgan fingerprint density at radius 1 is 1.30 bits per heavy atom. The van der Waals surface area contributed by atoms with E-state index in [1.165, 1.54) is 12.1 Å². The second-order valence-electron chi connectivity index (χ2n) is 6.78. The molecule has 3 rings (SSSR count). The predicted molar refractivity (Wildman–Crippen MR) is 97.3 cm³/mol. The molecular weight excluding hydrogens is 407 g/mol. The van der Waals surface area contributed by atoms with Crippen LogP contribution < -0.4 is 15.9 Å². The fraction of sp³-hybridized carbons (Fsp3) is 0.300. The maximum atomic E-state index is 13.7. The summed E-state index contributed by atoms with van der Waals surface area (Å²) in [5, 5.41) is 9.37. The summed E-state index contributed by atoms with van der Waals surface area (Å²) in [6.07, 6.45) is -5.38. The number of halogens is 3. The molecule has 10 heteroatoms. The van der Waals surface area contributed by atoms with Crippen molar-refractivity contribution in [2.75, 3.05) is 0 Å². The largest absolute Gasteiger partial charge is 0.459 e. The van der Waals surface area contributed by atoms with Gasteiger partial charge in [0.2, 0.25) is 17.1 Å². The molecule has 1 aliphatic heterocycles. The zero-order valence-corrected chi connectivity index (χ0v) is 15.9. The molecule has 1 aromatic carbocycles. The SMILES string of the molecule is CC(C)OC(=O)C1=C(N)Oc2c(oc(CO)cc2=O)[C@@H]1c1ccccc1C(F)(F)F. The number of esters is 1. The van der Waals surface area contributed by atoms with E-state index in [1.54, 1.807) is 13.8 Å². The van der Waals surface area contributed by atoms with Gasteiger partial charge >= 0.3 is 12.1 Å². The summed E-state index contributed by atoms with van der Waals surface area (Å²) in [5.74, 6) is -4.20. The quantitative estimate of drug-likeness (QED) is 0.725. The number of alkyl halides is 3. The average Bonchev–Trinajstić information content (AvgIpc) is 2.66. The molecule has 7 nitrogen and oxygen atoms in total. The van der Waals surface area contributed by atoms with Crippen LogP contribution in [0.2, 0.25) is 0 Å². The first-order chi connectivity index (χ1) is 14.0. The number of aliphatic hydroxyl groups excluding tert-OH is 1. The van der Waals surface area contributed by atoms with Gasteiger partial charge in [-0.1, -0.05) is 18.2 Å². The van der Waals surface area contributed by atoms with Crippen LogP contribution in [0.25, 0.3) is 0 Å². The summed E-state index contributed by atoms with van der Waals surface area (Å²) in [6.45, 7) is 2.41. The first kappa shape index (κ1) is 21.4. The van der Waals surface area contributed by atoms with Crippen molar-refractivity contribution in [1.82, 2.24) is 0 Å². The zero-order valence-electron chi connectivity index (χ0n) is 15.9. The van der Waals surface area contributed by atoms with Crippen molar-refractivity contribution in [3.05, 3.63) is 74.7 Å². The van der Waals surface area contributed by atoms with Crippen molar-refractivity contribution in [3.63, 3.8) is 0 Å². The van der Waals surface area contributed by atoms with Gasteiger partial charge in [-0.05, 0) is 25.5 Å². The second-order valence-corrected chi connectivity index (χ2v) is 6.78. The fourth-order valence-corrected chi connectivity index (χ4v) is 3.16. The van der Waals surface area contributed by atoms with Gasteiger partial charge in [-0.2, -0.15) is 13.2 Å². The van der Waals surface area contributed by atoms with Crippen LogP contribution in [0.15, 0.2) is 51.0 Å². The molecule has 2 aromatic rings. The van der Waals surface area contributed by atoms with Gasteiger partial charge in [-0.3, -0.25) is 4.79 Å². The lowest BCUT2D eigenvalue weighted by atomic mass is 9.84. The smallest absolute Gasteiger partial charge is 0.416 e. The molecule has 0 fully saturated rings. The van der Waals surface area contributed by atoms with Crippen molar-refractivity contribution in [2.45, 2.75) is 38.7 Å². The summed E-state index contributed by atoms with van der Waals surface area (Å²) >= 11 is 0. The zero-order chi connectivity index (χ0) is 22.2. The molecule has 1 atom stereocenters. The average molecular weight is 425 g/mol. The molecule has 30 heavy (non-hydrogen) atoms. The van der Waals surface area contributed by atoms with Crippen molar-refractivity contribution in [3.8, 4) is 5.75 Å². The monoisotopic (exact) mass is 425 g/mol. The highest BCUT2D eigenvalue weighted by Gasteiger charge is 2.44. The Bertz CT molecular complexity index is 1070. The third kappa shape index (κ3) is 3.90. The summed E-state index contributed by atoms with van der Waals surface area (Å²) in [6, 6.07) is 5.43. The summed E-state index contributed by atoms with van der Waals surface area (Å²) in [4.78, 5) is 25.1. The predicted octanol–water partition coefficient (Wildman–Crippen LogP) is 2.80. The van der Waals surface area contributed by atoms with Gasteiger partial charge in [0.25, 0.3) is 0 Å². The van der Waals surface area contributed by atoms with Crippen molar-refractivity contribution in [1.29, 1.82) is 0 Å². The topological polar surface area (TPSA) is 112 Å². The number of benzene rings is 1. The van der Waals surface area contributed by atoms with Crippen LogP contribution in [0, 0.1) is 0 Å². The van der Waals surface area contributed by atoms with Gasteiger partial charge in [0.15, 0.2) is 5.76 Å². The lowest BCUT2D eigenvalue weighted by Crippen LogP contribution is -2.31. The van der Waals surface area contributed by atoms with Crippen molar-refractivity contribution >= 4 is 5.97 Å². The molecule has 160 valence electrons. The Morgan fingerprint density at radius 3 is 2.57 bits per heavy atom. The van der Waals surface area contributed by atoms with Crippen LogP contribution in [0.3, 0.4) is 0 Å². The minimum Gasteiger partial charge on any atom is -0.459 e.